The van der Waals surface area contributed by atoms with Crippen LogP contribution in [-0.2, 0) is 0 Å². The highest BCUT2D eigenvalue weighted by atomic mass is 28.4. The quantitative estimate of drug-likeness (QED) is 0.140. The number of aryl methyl sites for hydroxylation is 2. The Morgan fingerprint density at radius 1 is 0.386 bits per heavy atom. The third kappa shape index (κ3) is 9.24. The van der Waals surface area contributed by atoms with E-state index in [0.717, 1.165) is 0 Å². The summed E-state index contributed by atoms with van der Waals surface area (Å²) in [5.41, 5.74) is 13.3. The number of hydrogen-bond acceptors (Lipinski definition) is 2. The van der Waals surface area contributed by atoms with Crippen LogP contribution in [0.3, 0.4) is 0 Å². The number of hydrogen-bond donors (Lipinski definition) is 0. The Kier molecular flexibility index (Phi) is 14.7. The molecular weight excluding hydrogens is 862 g/mol. The molecule has 0 saturated heterocycles. The van der Waals surface area contributed by atoms with Gasteiger partial charge >= 0.3 is 8.43 Å². The first kappa shape index (κ1) is 49.4. The van der Waals surface area contributed by atoms with Crippen LogP contribution >= 0.6 is 0 Å². The largest absolute Gasteiger partial charge is 0.390 e. The first-order valence-electron chi connectivity index (χ1n) is 24.9. The van der Waals surface area contributed by atoms with Crippen molar-refractivity contribution < 1.29 is 4.24 Å². The first-order chi connectivity index (χ1) is 33.7. The van der Waals surface area contributed by atoms with E-state index < -0.39 is 14.2 Å². The van der Waals surface area contributed by atoms with Gasteiger partial charge in [-0.25, -0.2) is 0 Å². The molecule has 0 spiro atoms. The molecular formula is C65H70BN3Si. The highest BCUT2D eigenvalue weighted by Crippen LogP contribution is 2.61. The summed E-state index contributed by atoms with van der Waals surface area (Å²) in [6, 6.07) is 88.5. The molecule has 0 amide bonds. The van der Waals surface area contributed by atoms with Crippen molar-refractivity contribution in [3.63, 3.8) is 0 Å². The fourth-order valence-electron chi connectivity index (χ4n) is 11.5. The van der Waals surface area contributed by atoms with Crippen molar-refractivity contribution in [3.8, 4) is 0 Å². The molecule has 0 fully saturated rings. The second kappa shape index (κ2) is 20.9. The second-order valence-corrected chi connectivity index (χ2v) is 24.9. The van der Waals surface area contributed by atoms with E-state index in [9.17, 15) is 0 Å². The van der Waals surface area contributed by atoms with Crippen molar-refractivity contribution in [1.29, 1.82) is 0 Å². The third-order valence-corrected chi connectivity index (χ3v) is 20.3. The van der Waals surface area contributed by atoms with Crippen LogP contribution in [0, 0.1) is 13.8 Å². The van der Waals surface area contributed by atoms with Gasteiger partial charge < -0.3 is 0 Å². The predicted octanol–water partition coefficient (Wildman–Crippen LogP) is 14.6. The molecule has 0 N–H and O–H groups in total. The number of allylic oxidation sites excluding steroid dienone is 2. The van der Waals surface area contributed by atoms with Crippen molar-refractivity contribution in [3.05, 3.63) is 282 Å². The molecule has 10 rings (SSSR count). The Balaban J connectivity index is 0.000000404. The van der Waals surface area contributed by atoms with E-state index in [-0.39, 0.29) is 11.1 Å². The molecule has 0 radical (unpaired) electrons. The molecule has 1 atom stereocenters. The van der Waals surface area contributed by atoms with Gasteiger partial charge in [-0.05, 0) is 104 Å². The Morgan fingerprint density at radius 2 is 0.671 bits per heavy atom. The molecule has 352 valence electrons. The maximum absolute atomic E-state index is 3.29. The maximum Gasteiger partial charge on any atom is 0.390 e. The van der Waals surface area contributed by atoms with Crippen LogP contribution in [0.5, 0.6) is 0 Å². The van der Waals surface area contributed by atoms with Gasteiger partial charge in [0.05, 0.1) is 16.6 Å². The molecule has 0 bridgehead atoms. The lowest BCUT2D eigenvalue weighted by atomic mass is 9.32. The zero-order chi connectivity index (χ0) is 49.5. The minimum atomic E-state index is -3.29. The zero-order valence-electron chi connectivity index (χ0n) is 43.0. The summed E-state index contributed by atoms with van der Waals surface area (Å²) in [5, 5.41) is 0. The molecule has 3 nitrogen and oxygen atoms in total. The Bertz CT molecular complexity index is 2920. The van der Waals surface area contributed by atoms with E-state index in [1.807, 2.05) is 36.4 Å². The highest BCUT2D eigenvalue weighted by molar-refractivity contribution is 7.58. The number of rotatable bonds is 8. The van der Waals surface area contributed by atoms with E-state index in [1.54, 1.807) is 0 Å². The molecule has 2 aliphatic rings. The summed E-state index contributed by atoms with van der Waals surface area (Å²) in [6.07, 6.45) is 0. The molecule has 0 aliphatic carbocycles. The highest BCUT2D eigenvalue weighted by Gasteiger charge is 2.79. The molecule has 8 aromatic rings. The monoisotopic (exact) mass is 932 g/mol. The molecule has 0 aromatic heterocycles. The lowest BCUT2D eigenvalue weighted by molar-refractivity contribution is -0.521. The van der Waals surface area contributed by atoms with Gasteiger partial charge in [0, 0.05) is 0 Å². The lowest BCUT2D eigenvalue weighted by Crippen LogP contribution is -2.98. The third-order valence-electron chi connectivity index (χ3n) is 13.8. The zero-order valence-corrected chi connectivity index (χ0v) is 44.0. The van der Waals surface area contributed by atoms with Gasteiger partial charge in [0.2, 0.25) is 5.74 Å². The number of nitrogens with zero attached hydrogens (tertiary/aromatic N) is 3. The lowest BCUT2D eigenvalue weighted by Gasteiger charge is -2.68. The minimum absolute atomic E-state index is 0.251. The molecule has 0 saturated carbocycles. The fourth-order valence-corrected chi connectivity index (χ4v) is 19.0. The van der Waals surface area contributed by atoms with E-state index in [4.69, 9.17) is 0 Å². The van der Waals surface area contributed by atoms with Crippen LogP contribution in [-0.4, -0.2) is 58.5 Å². The number of benzene rings is 8. The predicted molar refractivity (Wildman–Crippen MR) is 305 cm³/mol. The normalized spacial score (nSPS) is 16.5. The van der Waals surface area contributed by atoms with E-state index in [0.29, 0.717) is 0 Å². The topological polar surface area (TPSA) is 9.49 Å². The average Bonchev–Trinajstić information content (AvgIpc) is 3.68. The van der Waals surface area contributed by atoms with Crippen LogP contribution in [0.4, 0.5) is 0 Å². The Morgan fingerprint density at radius 3 is 0.943 bits per heavy atom. The maximum atomic E-state index is 2.93. The van der Waals surface area contributed by atoms with Crippen LogP contribution in [0.15, 0.2) is 243 Å². The van der Waals surface area contributed by atoms with Crippen molar-refractivity contribution >= 4 is 47.6 Å². The Hall–Kier alpha value is -7.05. The molecule has 2 aliphatic heterocycles. The van der Waals surface area contributed by atoms with Gasteiger partial charge in [0.1, 0.15) is 0 Å². The average molecular weight is 932 g/mol. The van der Waals surface area contributed by atoms with Crippen molar-refractivity contribution in [2.45, 2.75) is 66.5 Å². The molecule has 5 heteroatoms. The van der Waals surface area contributed by atoms with Crippen molar-refractivity contribution in [1.82, 2.24) is 9.13 Å². The summed E-state index contributed by atoms with van der Waals surface area (Å²) in [4.78, 5) is 0. The van der Waals surface area contributed by atoms with Gasteiger partial charge in [-0.3, -0.25) is 13.4 Å². The summed E-state index contributed by atoms with van der Waals surface area (Å²) >= 11 is 0. The Labute approximate surface area is 420 Å². The van der Waals surface area contributed by atoms with Crippen molar-refractivity contribution in [2.24, 2.45) is 0 Å². The standard InChI is InChI=1S/C51H54BN3Si.2C7H8/c1-50(2,3)54-49(43-35-23-13-24-36-43)55(51(4,5)6)56(54,53(7)8)52(44-37-25-14-26-38-44)47(41-31-19-11-20-32-41)45(39-27-15-9-16-28-39)46(40-29-17-10-18-30-40)48(52)42-33-21-12-22-34-42;2*1-7-5-3-2-4-6-7/h9-38H,1-8H3;2*2-6H,1H3. The molecule has 8 aromatic carbocycles. The summed E-state index contributed by atoms with van der Waals surface area (Å²) in [5.74, 6) is 1.30. The molecule has 2 heterocycles. The van der Waals surface area contributed by atoms with Crippen LogP contribution in [0.1, 0.15) is 80.5 Å². The van der Waals surface area contributed by atoms with Gasteiger partial charge in [-0.2, -0.15) is 16.4 Å². The second-order valence-electron chi connectivity index (χ2n) is 20.9. The van der Waals surface area contributed by atoms with Gasteiger partial charge in [-0.1, -0.05) is 253 Å². The smallest absolute Gasteiger partial charge is 0.284 e. The van der Waals surface area contributed by atoms with Gasteiger partial charge in [-0.15, -0.1) is 0 Å². The summed E-state index contributed by atoms with van der Waals surface area (Å²) in [7, 11) is 1.48. The van der Waals surface area contributed by atoms with Crippen molar-refractivity contribution in [2.75, 3.05) is 14.1 Å². The molecule has 0 unspecified atom stereocenters. The van der Waals surface area contributed by atoms with Crippen LogP contribution in [0.25, 0.3) is 22.1 Å². The summed E-state index contributed by atoms with van der Waals surface area (Å²) < 4.78 is 8.55. The SMILES string of the molecule is CN(C)[Si@@]1([B-]2(c3ccccc3)C(c3ccccc3)=C(c3ccccc3)C(c3ccccc3)=C2c2ccccc2)N(C(C)(C)C)C(c2ccccc2)=[N+]1C(C)(C)C.Cc1ccccc1.Cc1ccccc1. The van der Waals surface area contributed by atoms with Crippen LogP contribution < -0.4 is 5.46 Å². The first-order valence-corrected chi connectivity index (χ1v) is 26.8. The van der Waals surface area contributed by atoms with E-state index >= 15 is 0 Å². The number of amidine groups is 1. The molecule has 70 heavy (non-hydrogen) atoms. The summed E-state index contributed by atoms with van der Waals surface area (Å²) in [6.45, 7) is 18.7. The van der Waals surface area contributed by atoms with Gasteiger partial charge in [0.25, 0.3) is 5.84 Å². The van der Waals surface area contributed by atoms with Crippen LogP contribution in [0.2, 0.25) is 0 Å². The fraction of sp³-hybridized carbons (Fsp3) is 0.185. The minimum Gasteiger partial charge on any atom is -0.284 e. The van der Waals surface area contributed by atoms with Gasteiger partial charge in [0.15, 0.2) is 0 Å². The van der Waals surface area contributed by atoms with E-state index in [1.165, 1.54) is 72.3 Å². The van der Waals surface area contributed by atoms with E-state index in [2.05, 4.69) is 289 Å².